The van der Waals surface area contributed by atoms with Gasteiger partial charge >= 0.3 is 24.5 Å². The molecule has 14 heteroatoms. The van der Waals surface area contributed by atoms with E-state index in [1.807, 2.05) is 0 Å². The van der Waals surface area contributed by atoms with Crippen LogP contribution in [0.2, 0.25) is 10.0 Å². The van der Waals surface area contributed by atoms with Crippen molar-refractivity contribution in [3.05, 3.63) is 62.6 Å². The summed E-state index contributed by atoms with van der Waals surface area (Å²) in [5.41, 5.74) is -2.85. The third kappa shape index (κ3) is 6.80. The number of benzene rings is 2. The summed E-state index contributed by atoms with van der Waals surface area (Å²) in [5.74, 6) is 0.0182. The van der Waals surface area contributed by atoms with E-state index in [0.29, 0.717) is 17.7 Å². The number of rotatable bonds is 5. The molecule has 2 aromatic carbocycles. The molecule has 0 radical (unpaired) electrons. The second-order valence-corrected chi connectivity index (χ2v) is 11.1. The number of halogens is 8. The van der Waals surface area contributed by atoms with Crippen LogP contribution in [0.4, 0.5) is 41.6 Å². The largest absolute Gasteiger partial charge is 0.453 e. The molecule has 1 aliphatic carbocycles. The number of nitrogens with zero attached hydrogens (tertiary/aromatic N) is 2. The van der Waals surface area contributed by atoms with Gasteiger partial charge in [0.1, 0.15) is 0 Å². The molecule has 1 aliphatic heterocycles. The quantitative estimate of drug-likeness (QED) is 0.311. The van der Waals surface area contributed by atoms with Crippen LogP contribution in [0.15, 0.2) is 30.3 Å². The van der Waals surface area contributed by atoms with Gasteiger partial charge < -0.3 is 9.47 Å². The highest BCUT2D eigenvalue weighted by molar-refractivity contribution is 6.42. The maximum atomic E-state index is 13.5. The first-order valence-electron chi connectivity index (χ1n) is 12.6. The van der Waals surface area contributed by atoms with Gasteiger partial charge in [-0.2, -0.15) is 26.3 Å². The predicted octanol–water partition coefficient (Wildman–Crippen LogP) is 8.87. The lowest BCUT2D eigenvalue weighted by Crippen LogP contribution is -2.50. The number of ether oxygens (including phenoxy) is 2. The second-order valence-electron chi connectivity index (χ2n) is 10.3. The van der Waals surface area contributed by atoms with Crippen LogP contribution in [0.3, 0.4) is 0 Å². The molecular weight excluding hydrogens is 601 g/mol. The molecule has 0 spiro atoms. The Morgan fingerprint density at radius 2 is 1.54 bits per heavy atom. The normalized spacial score (nSPS) is 19.2. The van der Waals surface area contributed by atoms with E-state index in [0.717, 1.165) is 24.9 Å². The molecule has 4 rings (SSSR count). The average Bonchev–Trinajstić information content (AvgIpc) is 3.71. The summed E-state index contributed by atoms with van der Waals surface area (Å²) in [6, 6.07) is 2.56. The van der Waals surface area contributed by atoms with Crippen LogP contribution in [0.5, 0.6) is 0 Å². The highest BCUT2D eigenvalue weighted by atomic mass is 35.5. The Hall–Kier alpha value is -2.86. The number of methoxy groups -OCH3 is 1. The number of carbonyl (C=O) groups excluding carboxylic acids is 2. The third-order valence-corrected chi connectivity index (χ3v) is 7.69. The van der Waals surface area contributed by atoms with Crippen molar-refractivity contribution < 1.29 is 45.4 Å². The van der Waals surface area contributed by atoms with Crippen molar-refractivity contribution in [1.82, 2.24) is 4.90 Å². The fourth-order valence-corrected chi connectivity index (χ4v) is 5.40. The lowest BCUT2D eigenvalue weighted by atomic mass is 9.87. The van der Waals surface area contributed by atoms with Gasteiger partial charge in [-0.1, -0.05) is 23.2 Å². The molecule has 0 bridgehead atoms. The number of carbonyl (C=O) groups is 2. The summed E-state index contributed by atoms with van der Waals surface area (Å²) in [6.45, 7) is 2.70. The molecule has 41 heavy (non-hydrogen) atoms. The zero-order valence-electron chi connectivity index (χ0n) is 22.1. The fourth-order valence-electron chi connectivity index (χ4n) is 5.07. The molecule has 0 saturated heterocycles. The van der Waals surface area contributed by atoms with Crippen molar-refractivity contribution in [3.8, 4) is 0 Å². The molecule has 0 unspecified atom stereocenters. The molecule has 2 aliphatic rings. The number of fused-ring (bicyclic) bond motifs is 1. The highest BCUT2D eigenvalue weighted by Crippen LogP contribution is 2.50. The minimum absolute atomic E-state index is 0.0182. The average molecular weight is 627 g/mol. The van der Waals surface area contributed by atoms with E-state index in [-0.39, 0.29) is 34.1 Å². The van der Waals surface area contributed by atoms with Gasteiger partial charge in [-0.15, -0.1) is 0 Å². The van der Waals surface area contributed by atoms with Gasteiger partial charge in [0.05, 0.1) is 46.1 Å². The van der Waals surface area contributed by atoms with Gasteiger partial charge in [-0.25, -0.2) is 9.59 Å². The van der Waals surface area contributed by atoms with Gasteiger partial charge in [0.25, 0.3) is 0 Å². The van der Waals surface area contributed by atoms with Crippen molar-refractivity contribution >= 4 is 41.1 Å². The lowest BCUT2D eigenvalue weighted by molar-refractivity contribution is -0.143. The van der Waals surface area contributed by atoms with Gasteiger partial charge in [0.2, 0.25) is 0 Å². The molecule has 1 heterocycles. The number of amides is 2. The summed E-state index contributed by atoms with van der Waals surface area (Å²) in [7, 11) is 1.05. The SMILES string of the molecule is COC(=O)N(Cc1cc(C(F)(F)F)cc(C(F)(F)F)c1)[C@H]1C[C@@H](C2CC2)N(C(=O)OC(C)C)c2cc(Cl)c(Cl)cc21. The summed E-state index contributed by atoms with van der Waals surface area (Å²) >= 11 is 12.6. The number of anilines is 1. The Balaban J connectivity index is 1.85. The Labute approximate surface area is 242 Å². The van der Waals surface area contributed by atoms with E-state index in [9.17, 15) is 35.9 Å². The smallest absolute Gasteiger partial charge is 0.416 e. The van der Waals surface area contributed by atoms with Crippen molar-refractivity contribution in [2.45, 2.75) is 70.2 Å². The first kappa shape index (κ1) is 31.1. The fraction of sp³-hybridized carbons (Fsp3) is 0.481. The van der Waals surface area contributed by atoms with Crippen LogP contribution in [-0.2, 0) is 28.4 Å². The summed E-state index contributed by atoms with van der Waals surface area (Å²) < 4.78 is 91.6. The Morgan fingerprint density at radius 3 is 2.02 bits per heavy atom. The molecule has 2 atom stereocenters. The van der Waals surface area contributed by atoms with Crippen molar-refractivity contribution in [3.63, 3.8) is 0 Å². The van der Waals surface area contributed by atoms with E-state index in [1.165, 1.54) is 17.0 Å². The maximum Gasteiger partial charge on any atom is 0.416 e. The van der Waals surface area contributed by atoms with Crippen LogP contribution in [0, 0.1) is 5.92 Å². The Kier molecular flexibility index (Phi) is 8.67. The maximum absolute atomic E-state index is 13.5. The minimum atomic E-state index is -5.07. The second kappa shape index (κ2) is 11.4. The third-order valence-electron chi connectivity index (χ3n) is 6.97. The van der Waals surface area contributed by atoms with E-state index in [1.54, 1.807) is 13.8 Å². The first-order valence-corrected chi connectivity index (χ1v) is 13.4. The van der Waals surface area contributed by atoms with Gasteiger partial charge in [-0.05, 0) is 74.9 Å². The predicted molar refractivity (Wildman–Crippen MR) is 139 cm³/mol. The Morgan fingerprint density at radius 1 is 0.976 bits per heavy atom. The van der Waals surface area contributed by atoms with Crippen molar-refractivity contribution in [2.75, 3.05) is 12.0 Å². The van der Waals surface area contributed by atoms with Gasteiger partial charge in [-0.3, -0.25) is 9.80 Å². The number of hydrogen-bond donors (Lipinski definition) is 0. The van der Waals surface area contributed by atoms with E-state index < -0.39 is 66.0 Å². The minimum Gasteiger partial charge on any atom is -0.453 e. The number of alkyl halides is 6. The zero-order valence-corrected chi connectivity index (χ0v) is 23.6. The molecule has 224 valence electrons. The zero-order chi connectivity index (χ0) is 30.4. The van der Waals surface area contributed by atoms with Crippen LogP contribution < -0.4 is 4.90 Å². The summed E-state index contributed by atoms with van der Waals surface area (Å²) in [6.07, 6.45) is -10.6. The molecule has 0 aromatic heterocycles. The van der Waals surface area contributed by atoms with Crippen LogP contribution >= 0.6 is 23.2 Å². The lowest BCUT2D eigenvalue weighted by Gasteiger charge is -2.44. The topological polar surface area (TPSA) is 59.1 Å². The summed E-state index contributed by atoms with van der Waals surface area (Å²) in [5, 5.41) is 0.168. The monoisotopic (exact) mass is 626 g/mol. The Bertz CT molecular complexity index is 1300. The van der Waals surface area contributed by atoms with Crippen LogP contribution in [0.1, 0.15) is 61.4 Å². The first-order chi connectivity index (χ1) is 19.0. The van der Waals surface area contributed by atoms with Crippen molar-refractivity contribution in [2.24, 2.45) is 5.92 Å². The molecule has 1 saturated carbocycles. The van der Waals surface area contributed by atoms with E-state index >= 15 is 0 Å². The highest BCUT2D eigenvalue weighted by Gasteiger charge is 2.47. The van der Waals surface area contributed by atoms with Crippen LogP contribution in [0.25, 0.3) is 0 Å². The molecular formula is C27H26Cl2F6N2O4. The molecule has 6 nitrogen and oxygen atoms in total. The standard InChI is InChI=1S/C27H26Cl2F6N2O4/c1-13(2)41-25(39)37-21(15-4-5-15)11-22(18-9-19(28)20(29)10-23(18)37)36(24(38)40-3)12-14-6-16(26(30,31)32)8-17(7-14)27(33,34)35/h6-10,13,15,21-22H,4-5,11-12H2,1-3H3/t21-,22-/m0/s1. The molecule has 0 N–H and O–H groups in total. The van der Waals surface area contributed by atoms with Crippen molar-refractivity contribution in [1.29, 1.82) is 0 Å². The van der Waals surface area contributed by atoms with Gasteiger partial charge in [0.15, 0.2) is 0 Å². The molecule has 2 amide bonds. The molecule has 1 fully saturated rings. The molecule has 2 aromatic rings. The van der Waals surface area contributed by atoms with E-state index in [2.05, 4.69) is 0 Å². The van der Waals surface area contributed by atoms with E-state index in [4.69, 9.17) is 32.7 Å². The summed E-state index contributed by atoms with van der Waals surface area (Å²) in [4.78, 5) is 28.8. The van der Waals surface area contributed by atoms with Crippen LogP contribution in [-0.4, -0.2) is 36.3 Å². The number of hydrogen-bond acceptors (Lipinski definition) is 4. The van der Waals surface area contributed by atoms with Gasteiger partial charge in [0, 0.05) is 18.2 Å².